The van der Waals surface area contributed by atoms with Gasteiger partial charge in [0.05, 0.1) is 17.4 Å². The molecule has 0 aromatic heterocycles. The first-order valence-electron chi connectivity index (χ1n) is 5.07. The minimum atomic E-state index is -0.944. The SMILES string of the molecule is Nc1cccc(S(=O)CC2CCOC2)c1. The maximum absolute atomic E-state index is 12.0. The van der Waals surface area contributed by atoms with Crippen LogP contribution >= 0.6 is 0 Å². The van der Waals surface area contributed by atoms with Crippen LogP contribution in [0.5, 0.6) is 0 Å². The molecule has 82 valence electrons. The summed E-state index contributed by atoms with van der Waals surface area (Å²) in [6, 6.07) is 7.29. The molecule has 1 fully saturated rings. The van der Waals surface area contributed by atoms with Gasteiger partial charge in [-0.15, -0.1) is 0 Å². The van der Waals surface area contributed by atoms with Gasteiger partial charge in [0.15, 0.2) is 0 Å². The van der Waals surface area contributed by atoms with E-state index in [4.69, 9.17) is 10.5 Å². The van der Waals surface area contributed by atoms with E-state index in [1.807, 2.05) is 12.1 Å². The first-order chi connectivity index (χ1) is 7.25. The number of nitrogens with two attached hydrogens (primary N) is 1. The lowest BCUT2D eigenvalue weighted by molar-refractivity contribution is 0.189. The van der Waals surface area contributed by atoms with Gasteiger partial charge in [0.1, 0.15) is 0 Å². The average Bonchev–Trinajstić information content (AvgIpc) is 2.70. The van der Waals surface area contributed by atoms with E-state index in [0.717, 1.165) is 24.5 Å². The van der Waals surface area contributed by atoms with Gasteiger partial charge in [0.25, 0.3) is 0 Å². The molecule has 0 aliphatic carbocycles. The summed E-state index contributed by atoms with van der Waals surface area (Å²) in [6.45, 7) is 1.55. The summed E-state index contributed by atoms with van der Waals surface area (Å²) in [5, 5.41) is 0. The van der Waals surface area contributed by atoms with Gasteiger partial charge in [0, 0.05) is 22.9 Å². The molecule has 0 radical (unpaired) electrons. The topological polar surface area (TPSA) is 52.3 Å². The van der Waals surface area contributed by atoms with Crippen molar-refractivity contribution >= 4 is 16.5 Å². The molecule has 0 bridgehead atoms. The zero-order valence-electron chi connectivity index (χ0n) is 8.52. The summed E-state index contributed by atoms with van der Waals surface area (Å²) in [7, 11) is -0.944. The standard InChI is InChI=1S/C11H15NO2S/c12-10-2-1-3-11(6-10)15(13)8-9-4-5-14-7-9/h1-3,6,9H,4-5,7-8,12H2. The highest BCUT2D eigenvalue weighted by molar-refractivity contribution is 7.85. The summed E-state index contributed by atoms with van der Waals surface area (Å²) >= 11 is 0. The third kappa shape index (κ3) is 2.79. The Labute approximate surface area is 92.1 Å². The molecule has 2 rings (SSSR count). The van der Waals surface area contributed by atoms with Crippen LogP contribution in [0.3, 0.4) is 0 Å². The summed E-state index contributed by atoms with van der Waals surface area (Å²) in [5.74, 6) is 1.12. The van der Waals surface area contributed by atoms with E-state index in [1.165, 1.54) is 0 Å². The summed E-state index contributed by atoms with van der Waals surface area (Å²) < 4.78 is 17.2. The Balaban J connectivity index is 2.01. The predicted molar refractivity (Wildman–Crippen MR) is 61.1 cm³/mol. The van der Waals surface area contributed by atoms with Crippen LogP contribution in [0.2, 0.25) is 0 Å². The van der Waals surface area contributed by atoms with Gasteiger partial charge in [-0.2, -0.15) is 0 Å². The lowest BCUT2D eigenvalue weighted by Gasteiger charge is -2.07. The first-order valence-corrected chi connectivity index (χ1v) is 6.39. The Morgan fingerprint density at radius 1 is 1.53 bits per heavy atom. The number of hydrogen-bond donors (Lipinski definition) is 1. The predicted octanol–water partition coefficient (Wildman–Crippen LogP) is 1.41. The van der Waals surface area contributed by atoms with Gasteiger partial charge >= 0.3 is 0 Å². The Morgan fingerprint density at radius 3 is 3.07 bits per heavy atom. The molecule has 1 aromatic rings. The molecular formula is C11H15NO2S. The molecule has 0 spiro atoms. The third-order valence-electron chi connectivity index (χ3n) is 2.53. The Kier molecular flexibility index (Phi) is 3.38. The minimum absolute atomic E-state index is 0.437. The molecule has 15 heavy (non-hydrogen) atoms. The van der Waals surface area contributed by atoms with Gasteiger partial charge in [-0.1, -0.05) is 6.07 Å². The second-order valence-electron chi connectivity index (χ2n) is 3.81. The van der Waals surface area contributed by atoms with Crippen LogP contribution in [-0.4, -0.2) is 23.2 Å². The molecule has 2 unspecified atom stereocenters. The molecule has 2 N–H and O–H groups in total. The fourth-order valence-electron chi connectivity index (χ4n) is 1.68. The quantitative estimate of drug-likeness (QED) is 0.791. The van der Waals surface area contributed by atoms with Crippen LogP contribution in [0.15, 0.2) is 29.2 Å². The van der Waals surface area contributed by atoms with Crippen molar-refractivity contribution in [2.24, 2.45) is 5.92 Å². The Hall–Kier alpha value is -0.870. The van der Waals surface area contributed by atoms with Crippen molar-refractivity contribution in [3.8, 4) is 0 Å². The lowest BCUT2D eigenvalue weighted by atomic mass is 10.2. The summed E-state index contributed by atoms with van der Waals surface area (Å²) in [4.78, 5) is 0.821. The van der Waals surface area contributed by atoms with Gasteiger partial charge in [-0.05, 0) is 30.5 Å². The fraction of sp³-hybridized carbons (Fsp3) is 0.455. The monoisotopic (exact) mass is 225 g/mol. The van der Waals surface area contributed by atoms with E-state index in [2.05, 4.69) is 0 Å². The molecule has 1 aliphatic rings. The van der Waals surface area contributed by atoms with Crippen molar-refractivity contribution < 1.29 is 8.95 Å². The van der Waals surface area contributed by atoms with E-state index >= 15 is 0 Å². The molecule has 4 heteroatoms. The van der Waals surface area contributed by atoms with Crippen LogP contribution in [0.25, 0.3) is 0 Å². The molecule has 1 heterocycles. The van der Waals surface area contributed by atoms with E-state index in [-0.39, 0.29) is 0 Å². The highest BCUT2D eigenvalue weighted by Crippen LogP contribution is 2.18. The van der Waals surface area contributed by atoms with E-state index < -0.39 is 10.8 Å². The van der Waals surface area contributed by atoms with Crippen molar-refractivity contribution in [3.05, 3.63) is 24.3 Å². The number of ether oxygens (including phenoxy) is 1. The highest BCUT2D eigenvalue weighted by atomic mass is 32.2. The lowest BCUT2D eigenvalue weighted by Crippen LogP contribution is -2.11. The molecule has 2 atom stereocenters. The van der Waals surface area contributed by atoms with Crippen LogP contribution in [-0.2, 0) is 15.5 Å². The smallest absolute Gasteiger partial charge is 0.0533 e. The molecule has 1 saturated heterocycles. The number of nitrogen functional groups attached to an aromatic ring is 1. The second kappa shape index (κ2) is 4.77. The number of hydrogen-bond acceptors (Lipinski definition) is 3. The largest absolute Gasteiger partial charge is 0.399 e. The minimum Gasteiger partial charge on any atom is -0.399 e. The molecule has 1 aromatic carbocycles. The number of anilines is 1. The molecular weight excluding hydrogens is 210 g/mol. The fourth-order valence-corrected chi connectivity index (χ4v) is 3.06. The maximum atomic E-state index is 12.0. The molecule has 1 aliphatic heterocycles. The van der Waals surface area contributed by atoms with E-state index in [9.17, 15) is 4.21 Å². The Morgan fingerprint density at radius 2 is 2.40 bits per heavy atom. The van der Waals surface area contributed by atoms with Crippen molar-refractivity contribution in [1.82, 2.24) is 0 Å². The third-order valence-corrected chi connectivity index (χ3v) is 4.09. The maximum Gasteiger partial charge on any atom is 0.0533 e. The highest BCUT2D eigenvalue weighted by Gasteiger charge is 2.19. The van der Waals surface area contributed by atoms with Crippen LogP contribution in [0.4, 0.5) is 5.69 Å². The molecule has 0 amide bonds. The van der Waals surface area contributed by atoms with Crippen LogP contribution < -0.4 is 5.73 Å². The normalized spacial score (nSPS) is 22.8. The first kappa shape index (κ1) is 10.6. The number of rotatable bonds is 3. The second-order valence-corrected chi connectivity index (χ2v) is 5.31. The molecule has 0 saturated carbocycles. The van der Waals surface area contributed by atoms with Crippen LogP contribution in [0.1, 0.15) is 6.42 Å². The van der Waals surface area contributed by atoms with Crippen molar-refractivity contribution in [3.63, 3.8) is 0 Å². The van der Waals surface area contributed by atoms with Gasteiger partial charge in [-0.25, -0.2) is 0 Å². The van der Waals surface area contributed by atoms with Crippen molar-refractivity contribution in [2.75, 3.05) is 24.7 Å². The van der Waals surface area contributed by atoms with E-state index in [1.54, 1.807) is 12.1 Å². The number of benzene rings is 1. The zero-order chi connectivity index (χ0) is 10.7. The van der Waals surface area contributed by atoms with Gasteiger partial charge in [-0.3, -0.25) is 4.21 Å². The Bertz CT molecular complexity index is 361. The van der Waals surface area contributed by atoms with Crippen molar-refractivity contribution in [1.29, 1.82) is 0 Å². The van der Waals surface area contributed by atoms with Gasteiger partial charge in [0.2, 0.25) is 0 Å². The molecule has 3 nitrogen and oxygen atoms in total. The summed E-state index contributed by atoms with van der Waals surface area (Å²) in [6.07, 6.45) is 1.02. The van der Waals surface area contributed by atoms with E-state index in [0.29, 0.717) is 17.4 Å². The van der Waals surface area contributed by atoms with Gasteiger partial charge < -0.3 is 10.5 Å². The zero-order valence-corrected chi connectivity index (χ0v) is 9.33. The van der Waals surface area contributed by atoms with Crippen molar-refractivity contribution in [2.45, 2.75) is 11.3 Å². The van der Waals surface area contributed by atoms with Crippen LogP contribution in [0, 0.1) is 5.92 Å². The summed E-state index contributed by atoms with van der Waals surface area (Å²) in [5.41, 5.74) is 6.32. The average molecular weight is 225 g/mol.